The van der Waals surface area contributed by atoms with Crippen LogP contribution < -0.4 is 5.32 Å². The first-order chi connectivity index (χ1) is 8.97. The molecule has 0 aromatic heterocycles. The SMILES string of the molecule is O=C(Nc1ccc(Br)c(Cl)c1)c1ccc(I)c(Cl)c1. The van der Waals surface area contributed by atoms with Gasteiger partial charge >= 0.3 is 0 Å². The van der Waals surface area contributed by atoms with Crippen molar-refractivity contribution in [3.63, 3.8) is 0 Å². The minimum atomic E-state index is -0.225. The Hall–Kier alpha value is -0.300. The molecule has 0 fully saturated rings. The summed E-state index contributed by atoms with van der Waals surface area (Å²) in [5.41, 5.74) is 1.14. The smallest absolute Gasteiger partial charge is 0.255 e. The summed E-state index contributed by atoms with van der Waals surface area (Å²) in [5, 5.41) is 3.87. The molecule has 0 bridgehead atoms. The lowest BCUT2D eigenvalue weighted by Gasteiger charge is -2.07. The largest absolute Gasteiger partial charge is 0.322 e. The van der Waals surface area contributed by atoms with E-state index in [2.05, 4.69) is 43.8 Å². The molecule has 2 rings (SSSR count). The van der Waals surface area contributed by atoms with Gasteiger partial charge in [0.15, 0.2) is 0 Å². The van der Waals surface area contributed by atoms with E-state index in [9.17, 15) is 4.79 Å². The van der Waals surface area contributed by atoms with E-state index in [1.807, 2.05) is 0 Å². The molecule has 0 heterocycles. The predicted octanol–water partition coefficient (Wildman–Crippen LogP) is 5.61. The fraction of sp³-hybridized carbons (Fsp3) is 0. The molecule has 2 nitrogen and oxygen atoms in total. The van der Waals surface area contributed by atoms with Crippen LogP contribution in [-0.2, 0) is 0 Å². The molecule has 6 heteroatoms. The van der Waals surface area contributed by atoms with E-state index in [1.54, 1.807) is 36.4 Å². The number of hydrogen-bond donors (Lipinski definition) is 1. The van der Waals surface area contributed by atoms with Crippen LogP contribution in [0.15, 0.2) is 40.9 Å². The molecule has 0 unspecified atom stereocenters. The highest BCUT2D eigenvalue weighted by atomic mass is 127. The summed E-state index contributed by atoms with van der Waals surface area (Å²) in [4.78, 5) is 12.0. The van der Waals surface area contributed by atoms with Gasteiger partial charge in [-0.3, -0.25) is 4.79 Å². The summed E-state index contributed by atoms with van der Waals surface area (Å²) >= 11 is 17.4. The first-order valence-corrected chi connectivity index (χ1v) is 7.81. The molecule has 0 saturated carbocycles. The zero-order valence-corrected chi connectivity index (χ0v) is 14.6. The average molecular weight is 471 g/mol. The van der Waals surface area contributed by atoms with E-state index in [0.717, 1.165) is 8.04 Å². The molecule has 1 N–H and O–H groups in total. The molecule has 0 aliphatic carbocycles. The number of carbonyl (C=O) groups excluding carboxylic acids is 1. The van der Waals surface area contributed by atoms with Crippen molar-refractivity contribution in [2.45, 2.75) is 0 Å². The van der Waals surface area contributed by atoms with Crippen LogP contribution in [0.2, 0.25) is 10.0 Å². The maximum atomic E-state index is 12.0. The number of nitrogens with one attached hydrogen (secondary N) is 1. The molecule has 2 aromatic carbocycles. The summed E-state index contributed by atoms with van der Waals surface area (Å²) in [7, 11) is 0. The lowest BCUT2D eigenvalue weighted by Crippen LogP contribution is -2.11. The van der Waals surface area contributed by atoms with E-state index < -0.39 is 0 Å². The van der Waals surface area contributed by atoms with Crippen molar-refractivity contribution in [1.29, 1.82) is 0 Å². The van der Waals surface area contributed by atoms with Crippen LogP contribution in [0.5, 0.6) is 0 Å². The van der Waals surface area contributed by atoms with Crippen LogP contribution in [0, 0.1) is 3.57 Å². The van der Waals surface area contributed by atoms with Gasteiger partial charge in [0.1, 0.15) is 0 Å². The Morgan fingerprint density at radius 3 is 2.47 bits per heavy atom. The Morgan fingerprint density at radius 1 is 1.11 bits per heavy atom. The Morgan fingerprint density at radius 2 is 1.84 bits per heavy atom. The lowest BCUT2D eigenvalue weighted by atomic mass is 10.2. The zero-order valence-electron chi connectivity index (χ0n) is 9.38. The topological polar surface area (TPSA) is 29.1 Å². The van der Waals surface area contributed by atoms with Crippen molar-refractivity contribution in [3.8, 4) is 0 Å². The number of hydrogen-bond acceptors (Lipinski definition) is 1. The molecule has 0 spiro atoms. The molecule has 0 aliphatic rings. The Bertz CT molecular complexity index is 649. The van der Waals surface area contributed by atoms with Gasteiger partial charge in [0, 0.05) is 19.3 Å². The van der Waals surface area contributed by atoms with Gasteiger partial charge < -0.3 is 5.32 Å². The number of carbonyl (C=O) groups is 1. The Kier molecular flexibility index (Phi) is 5.11. The average Bonchev–Trinajstić information content (AvgIpc) is 2.37. The van der Waals surface area contributed by atoms with Crippen molar-refractivity contribution in [2.24, 2.45) is 0 Å². The first-order valence-electron chi connectivity index (χ1n) is 5.19. The number of rotatable bonds is 2. The summed E-state index contributed by atoms with van der Waals surface area (Å²) < 4.78 is 1.69. The zero-order chi connectivity index (χ0) is 14.0. The Labute approximate surface area is 142 Å². The fourth-order valence-corrected chi connectivity index (χ4v) is 2.36. The van der Waals surface area contributed by atoms with Gasteiger partial charge in [-0.15, -0.1) is 0 Å². The number of benzene rings is 2. The van der Waals surface area contributed by atoms with Gasteiger partial charge in [0.25, 0.3) is 5.91 Å². The maximum absolute atomic E-state index is 12.0. The van der Waals surface area contributed by atoms with Crippen LogP contribution >= 0.6 is 61.7 Å². The quantitative estimate of drug-likeness (QED) is 0.568. The van der Waals surface area contributed by atoms with E-state index >= 15 is 0 Å². The predicted molar refractivity (Wildman–Crippen MR) is 91.3 cm³/mol. The molecular weight excluding hydrogens is 464 g/mol. The molecule has 98 valence electrons. The van der Waals surface area contributed by atoms with E-state index in [0.29, 0.717) is 21.3 Å². The number of anilines is 1. The normalized spacial score (nSPS) is 10.3. The van der Waals surface area contributed by atoms with Crippen LogP contribution in [0.3, 0.4) is 0 Å². The van der Waals surface area contributed by atoms with Gasteiger partial charge in [-0.2, -0.15) is 0 Å². The van der Waals surface area contributed by atoms with Crippen molar-refractivity contribution in [1.82, 2.24) is 0 Å². The summed E-state index contributed by atoms with van der Waals surface area (Å²) in [5.74, 6) is -0.225. The standard InChI is InChI=1S/C13H7BrCl2INO/c14-9-3-2-8(6-10(9)15)18-13(19)7-1-4-12(17)11(16)5-7/h1-6H,(H,18,19). The van der Waals surface area contributed by atoms with E-state index in [1.165, 1.54) is 0 Å². The maximum Gasteiger partial charge on any atom is 0.255 e. The minimum Gasteiger partial charge on any atom is -0.322 e. The monoisotopic (exact) mass is 469 g/mol. The molecule has 1 amide bonds. The van der Waals surface area contributed by atoms with E-state index in [-0.39, 0.29) is 5.91 Å². The molecular formula is C13H7BrCl2INO. The Balaban J connectivity index is 2.20. The second-order valence-corrected chi connectivity index (χ2v) is 6.54. The number of halogens is 4. The van der Waals surface area contributed by atoms with Crippen LogP contribution in [0.25, 0.3) is 0 Å². The van der Waals surface area contributed by atoms with Crippen molar-refractivity contribution in [3.05, 3.63) is 60.0 Å². The summed E-state index contributed by atoms with van der Waals surface area (Å²) in [6.07, 6.45) is 0. The van der Waals surface area contributed by atoms with Crippen LogP contribution in [0.1, 0.15) is 10.4 Å². The highest BCUT2D eigenvalue weighted by Gasteiger charge is 2.09. The van der Waals surface area contributed by atoms with Crippen molar-refractivity contribution in [2.75, 3.05) is 5.32 Å². The van der Waals surface area contributed by atoms with Gasteiger partial charge in [-0.05, 0) is 74.9 Å². The van der Waals surface area contributed by atoms with Crippen molar-refractivity contribution < 1.29 is 4.79 Å². The lowest BCUT2D eigenvalue weighted by molar-refractivity contribution is 0.102. The van der Waals surface area contributed by atoms with Crippen molar-refractivity contribution >= 4 is 73.3 Å². The highest BCUT2D eigenvalue weighted by Crippen LogP contribution is 2.26. The minimum absolute atomic E-state index is 0.225. The second-order valence-electron chi connectivity index (χ2n) is 3.71. The van der Waals surface area contributed by atoms with Crippen LogP contribution in [-0.4, -0.2) is 5.91 Å². The van der Waals surface area contributed by atoms with Gasteiger partial charge in [-0.1, -0.05) is 23.2 Å². The van der Waals surface area contributed by atoms with Gasteiger partial charge in [0.2, 0.25) is 0 Å². The molecule has 0 radical (unpaired) electrons. The first kappa shape index (κ1) is 15.1. The van der Waals surface area contributed by atoms with Gasteiger partial charge in [-0.25, -0.2) is 0 Å². The second kappa shape index (κ2) is 6.43. The third kappa shape index (κ3) is 3.84. The molecule has 2 aromatic rings. The third-order valence-corrected chi connectivity index (χ3v) is 5.16. The highest BCUT2D eigenvalue weighted by molar-refractivity contribution is 14.1. The van der Waals surface area contributed by atoms with Crippen LogP contribution in [0.4, 0.5) is 5.69 Å². The fourth-order valence-electron chi connectivity index (χ4n) is 1.41. The summed E-state index contributed by atoms with van der Waals surface area (Å²) in [6.45, 7) is 0. The third-order valence-electron chi connectivity index (χ3n) is 2.36. The number of amides is 1. The molecule has 19 heavy (non-hydrogen) atoms. The van der Waals surface area contributed by atoms with E-state index in [4.69, 9.17) is 23.2 Å². The molecule has 0 saturated heterocycles. The van der Waals surface area contributed by atoms with Gasteiger partial charge in [0.05, 0.1) is 10.0 Å². The summed E-state index contributed by atoms with van der Waals surface area (Å²) in [6, 6.07) is 10.4. The molecule has 0 aliphatic heterocycles. The molecule has 0 atom stereocenters.